The first-order valence-electron chi connectivity index (χ1n) is 8.29. The van der Waals surface area contributed by atoms with Gasteiger partial charge in [0.25, 0.3) is 0 Å². The molecule has 0 amide bonds. The maximum absolute atomic E-state index is 5.46. The predicted octanol–water partition coefficient (Wildman–Crippen LogP) is 2.42. The lowest BCUT2D eigenvalue weighted by Gasteiger charge is -2.35. The molecular formula is C18H22N4O. The van der Waals surface area contributed by atoms with Gasteiger partial charge in [0.1, 0.15) is 5.82 Å². The number of nitrogens with one attached hydrogen (secondary N) is 1. The minimum atomic E-state index is 0.329. The van der Waals surface area contributed by atoms with E-state index in [1.54, 1.807) is 12.4 Å². The summed E-state index contributed by atoms with van der Waals surface area (Å²) in [6.45, 7) is 4.79. The van der Waals surface area contributed by atoms with Crippen LogP contribution in [0.25, 0.3) is 11.1 Å². The zero-order valence-corrected chi connectivity index (χ0v) is 13.2. The summed E-state index contributed by atoms with van der Waals surface area (Å²) in [6.07, 6.45) is 8.08. The maximum Gasteiger partial charge on any atom is 0.125 e. The smallest absolute Gasteiger partial charge is 0.125 e. The molecule has 0 spiro atoms. The molecule has 1 N–H and O–H groups in total. The molecule has 0 bridgehead atoms. The standard InChI is InChI=1S/C18H22N4O/c1-2-17(20-13-16(1)15-3-7-19-8-4-15)21-14-18(5-6-18)22-9-11-23-12-10-22/h1-4,7-8,13H,5-6,9-12,14H2,(H,20,21). The first kappa shape index (κ1) is 14.6. The third-order valence-electron chi connectivity index (χ3n) is 4.88. The maximum atomic E-state index is 5.46. The van der Waals surface area contributed by atoms with E-state index in [-0.39, 0.29) is 0 Å². The van der Waals surface area contributed by atoms with E-state index >= 15 is 0 Å². The van der Waals surface area contributed by atoms with Gasteiger partial charge in [0.15, 0.2) is 0 Å². The predicted molar refractivity (Wildman–Crippen MR) is 90.3 cm³/mol. The van der Waals surface area contributed by atoms with Gasteiger partial charge in [-0.05, 0) is 42.7 Å². The molecule has 0 aromatic carbocycles. The summed E-state index contributed by atoms with van der Waals surface area (Å²) in [7, 11) is 0. The number of anilines is 1. The molecule has 0 unspecified atom stereocenters. The van der Waals surface area contributed by atoms with E-state index in [1.165, 1.54) is 12.8 Å². The number of nitrogens with zero attached hydrogens (tertiary/aromatic N) is 3. The number of hydrogen-bond donors (Lipinski definition) is 1. The largest absolute Gasteiger partial charge is 0.379 e. The fourth-order valence-corrected chi connectivity index (χ4v) is 3.26. The van der Waals surface area contributed by atoms with Crippen LogP contribution in [0.2, 0.25) is 0 Å². The Kier molecular flexibility index (Phi) is 3.97. The molecule has 0 atom stereocenters. The Morgan fingerprint density at radius 3 is 2.48 bits per heavy atom. The number of pyridine rings is 2. The van der Waals surface area contributed by atoms with Crippen molar-refractivity contribution in [2.75, 3.05) is 38.2 Å². The second kappa shape index (κ2) is 6.26. The highest BCUT2D eigenvalue weighted by Crippen LogP contribution is 2.42. The molecule has 2 aliphatic rings. The van der Waals surface area contributed by atoms with Crippen LogP contribution in [0.15, 0.2) is 42.9 Å². The minimum absolute atomic E-state index is 0.329. The van der Waals surface area contributed by atoms with E-state index in [4.69, 9.17) is 4.74 Å². The third kappa shape index (κ3) is 3.21. The van der Waals surface area contributed by atoms with Crippen LogP contribution in [0.1, 0.15) is 12.8 Å². The fraction of sp³-hybridized carbons (Fsp3) is 0.444. The highest BCUT2D eigenvalue weighted by Gasteiger charge is 2.47. The lowest BCUT2D eigenvalue weighted by atomic mass is 10.1. The molecule has 1 saturated carbocycles. The normalized spacial score (nSPS) is 20.2. The minimum Gasteiger partial charge on any atom is -0.379 e. The molecule has 4 rings (SSSR count). The van der Waals surface area contributed by atoms with Crippen molar-refractivity contribution in [3.05, 3.63) is 42.9 Å². The summed E-state index contributed by atoms with van der Waals surface area (Å²) in [5.41, 5.74) is 2.59. The van der Waals surface area contributed by atoms with Gasteiger partial charge in [0.2, 0.25) is 0 Å². The molecule has 1 saturated heterocycles. The Morgan fingerprint density at radius 2 is 1.83 bits per heavy atom. The molecular weight excluding hydrogens is 288 g/mol. The van der Waals surface area contributed by atoms with Crippen LogP contribution >= 0.6 is 0 Å². The van der Waals surface area contributed by atoms with Crippen LogP contribution in [0.4, 0.5) is 5.82 Å². The van der Waals surface area contributed by atoms with E-state index in [0.717, 1.165) is 49.8 Å². The summed E-state index contributed by atoms with van der Waals surface area (Å²) in [6, 6.07) is 8.17. The van der Waals surface area contributed by atoms with Crippen LogP contribution in [-0.4, -0.2) is 53.3 Å². The summed E-state index contributed by atoms with van der Waals surface area (Å²) in [5.74, 6) is 0.947. The summed E-state index contributed by atoms with van der Waals surface area (Å²) in [4.78, 5) is 11.2. The Morgan fingerprint density at radius 1 is 1.04 bits per heavy atom. The van der Waals surface area contributed by atoms with Crippen molar-refractivity contribution in [2.24, 2.45) is 0 Å². The molecule has 1 aliphatic carbocycles. The Bertz CT molecular complexity index is 634. The Balaban J connectivity index is 1.38. The summed E-state index contributed by atoms with van der Waals surface area (Å²) in [5, 5.41) is 3.52. The van der Waals surface area contributed by atoms with Crippen molar-refractivity contribution >= 4 is 5.82 Å². The average Bonchev–Trinajstić information content (AvgIpc) is 3.43. The topological polar surface area (TPSA) is 50.3 Å². The highest BCUT2D eigenvalue weighted by atomic mass is 16.5. The lowest BCUT2D eigenvalue weighted by Crippen LogP contribution is -2.48. The number of morpholine rings is 1. The molecule has 0 radical (unpaired) electrons. The van der Waals surface area contributed by atoms with Crippen molar-refractivity contribution in [3.63, 3.8) is 0 Å². The number of hydrogen-bond acceptors (Lipinski definition) is 5. The molecule has 5 nitrogen and oxygen atoms in total. The molecule has 1 aliphatic heterocycles. The third-order valence-corrected chi connectivity index (χ3v) is 4.88. The van der Waals surface area contributed by atoms with Crippen LogP contribution < -0.4 is 5.32 Å². The van der Waals surface area contributed by atoms with Crippen molar-refractivity contribution < 1.29 is 4.74 Å². The highest BCUT2D eigenvalue weighted by molar-refractivity contribution is 5.62. The van der Waals surface area contributed by atoms with Crippen molar-refractivity contribution in [1.82, 2.24) is 14.9 Å². The molecule has 2 fully saturated rings. The van der Waals surface area contributed by atoms with Gasteiger partial charge in [-0.25, -0.2) is 4.98 Å². The molecule has 2 aromatic heterocycles. The van der Waals surface area contributed by atoms with E-state index in [0.29, 0.717) is 5.54 Å². The zero-order valence-electron chi connectivity index (χ0n) is 13.2. The number of aromatic nitrogens is 2. The second-order valence-corrected chi connectivity index (χ2v) is 6.35. The van der Waals surface area contributed by atoms with Gasteiger partial charge in [-0.3, -0.25) is 9.88 Å². The molecule has 120 valence electrons. The van der Waals surface area contributed by atoms with Gasteiger partial charge in [0.05, 0.1) is 13.2 Å². The number of rotatable bonds is 5. The van der Waals surface area contributed by atoms with E-state index in [2.05, 4.69) is 32.3 Å². The van der Waals surface area contributed by atoms with Crippen molar-refractivity contribution in [1.29, 1.82) is 0 Å². The van der Waals surface area contributed by atoms with Crippen LogP contribution in [0.3, 0.4) is 0 Å². The Hall–Kier alpha value is -1.98. The van der Waals surface area contributed by atoms with E-state index in [1.807, 2.05) is 18.3 Å². The average molecular weight is 310 g/mol. The molecule has 2 aromatic rings. The van der Waals surface area contributed by atoms with Gasteiger partial charge in [-0.15, -0.1) is 0 Å². The fourth-order valence-electron chi connectivity index (χ4n) is 3.26. The first-order chi connectivity index (χ1) is 11.4. The summed E-state index contributed by atoms with van der Waals surface area (Å²) < 4.78 is 5.46. The van der Waals surface area contributed by atoms with Gasteiger partial charge in [-0.2, -0.15) is 0 Å². The van der Waals surface area contributed by atoms with Crippen LogP contribution in [0, 0.1) is 0 Å². The second-order valence-electron chi connectivity index (χ2n) is 6.35. The van der Waals surface area contributed by atoms with Gasteiger partial charge >= 0.3 is 0 Å². The SMILES string of the molecule is c1cc(-c2ccc(NCC3(N4CCOCC4)CC3)nc2)ccn1. The van der Waals surface area contributed by atoms with Crippen LogP contribution in [-0.2, 0) is 4.74 Å². The molecule has 3 heterocycles. The summed E-state index contributed by atoms with van der Waals surface area (Å²) >= 11 is 0. The monoisotopic (exact) mass is 310 g/mol. The zero-order chi connectivity index (χ0) is 15.5. The lowest BCUT2D eigenvalue weighted by molar-refractivity contribution is 0.0125. The van der Waals surface area contributed by atoms with E-state index < -0.39 is 0 Å². The molecule has 5 heteroatoms. The molecule has 23 heavy (non-hydrogen) atoms. The van der Waals surface area contributed by atoms with Gasteiger partial charge < -0.3 is 10.1 Å². The van der Waals surface area contributed by atoms with Gasteiger partial charge in [-0.1, -0.05) is 0 Å². The van der Waals surface area contributed by atoms with E-state index in [9.17, 15) is 0 Å². The van der Waals surface area contributed by atoms with Crippen molar-refractivity contribution in [2.45, 2.75) is 18.4 Å². The van der Waals surface area contributed by atoms with Gasteiger partial charge in [0, 0.05) is 49.3 Å². The Labute approximate surface area is 136 Å². The first-order valence-corrected chi connectivity index (χ1v) is 8.29. The van der Waals surface area contributed by atoms with Crippen molar-refractivity contribution in [3.8, 4) is 11.1 Å². The quantitative estimate of drug-likeness (QED) is 0.919. The number of ether oxygens (including phenoxy) is 1. The van der Waals surface area contributed by atoms with Crippen LogP contribution in [0.5, 0.6) is 0 Å².